The Morgan fingerprint density at radius 2 is 2.22 bits per heavy atom. The highest BCUT2D eigenvalue weighted by molar-refractivity contribution is 6.04. The van der Waals surface area contributed by atoms with Gasteiger partial charge in [0.2, 0.25) is 0 Å². The highest BCUT2D eigenvalue weighted by Crippen LogP contribution is 2.28. The Hall–Kier alpha value is -2.54. The van der Waals surface area contributed by atoms with Gasteiger partial charge >= 0.3 is 5.97 Å². The number of carbonyl (C=O) groups is 1. The number of hydrogen-bond acceptors (Lipinski definition) is 3. The van der Waals surface area contributed by atoms with E-state index in [2.05, 4.69) is 10.9 Å². The van der Waals surface area contributed by atoms with Crippen LogP contribution in [0.25, 0.3) is 10.9 Å². The summed E-state index contributed by atoms with van der Waals surface area (Å²) in [4.78, 5) is 17.1. The third kappa shape index (κ3) is 1.98. The van der Waals surface area contributed by atoms with Gasteiger partial charge in [-0.1, -0.05) is 24.1 Å². The van der Waals surface area contributed by atoms with Crippen molar-refractivity contribution >= 4 is 22.6 Å². The second-order valence-corrected chi connectivity index (χ2v) is 3.90. The van der Waals surface area contributed by atoms with Gasteiger partial charge in [0, 0.05) is 18.6 Å². The van der Waals surface area contributed by atoms with Crippen LogP contribution in [0.5, 0.6) is 0 Å². The molecule has 0 unspecified atom stereocenters. The quantitative estimate of drug-likeness (QED) is 0.834. The molecular weight excluding hydrogens is 228 g/mol. The minimum Gasteiger partial charge on any atom is -0.478 e. The van der Waals surface area contributed by atoms with Crippen molar-refractivity contribution in [2.45, 2.75) is 0 Å². The van der Waals surface area contributed by atoms with Gasteiger partial charge in [0.1, 0.15) is 5.56 Å². The highest BCUT2D eigenvalue weighted by Gasteiger charge is 2.17. The number of carboxylic acids is 1. The first-order valence-corrected chi connectivity index (χ1v) is 5.40. The number of fused-ring (bicyclic) bond motifs is 1. The molecule has 2 aromatic rings. The van der Waals surface area contributed by atoms with E-state index in [1.165, 1.54) is 6.20 Å². The third-order valence-corrected chi connectivity index (χ3v) is 2.69. The second-order valence-electron chi connectivity index (χ2n) is 3.90. The van der Waals surface area contributed by atoms with Crippen molar-refractivity contribution < 1.29 is 9.90 Å². The number of rotatable bonds is 3. The van der Waals surface area contributed by atoms with Crippen LogP contribution < -0.4 is 4.90 Å². The van der Waals surface area contributed by atoms with E-state index < -0.39 is 5.97 Å². The van der Waals surface area contributed by atoms with Crippen LogP contribution in [0.4, 0.5) is 5.69 Å². The Labute approximate surface area is 105 Å². The molecule has 0 aliphatic carbocycles. The van der Waals surface area contributed by atoms with Crippen molar-refractivity contribution in [3.63, 3.8) is 0 Å². The van der Waals surface area contributed by atoms with E-state index in [1.54, 1.807) is 11.9 Å². The minimum atomic E-state index is -1.01. The summed E-state index contributed by atoms with van der Waals surface area (Å²) in [6, 6.07) is 7.40. The van der Waals surface area contributed by atoms with Crippen LogP contribution in [-0.2, 0) is 0 Å². The average Bonchev–Trinajstić information content (AvgIpc) is 2.37. The first-order chi connectivity index (χ1) is 8.65. The summed E-state index contributed by atoms with van der Waals surface area (Å²) >= 11 is 0. The highest BCUT2D eigenvalue weighted by atomic mass is 16.4. The molecule has 0 atom stereocenters. The van der Waals surface area contributed by atoms with Crippen LogP contribution in [0.1, 0.15) is 10.4 Å². The van der Waals surface area contributed by atoms with Crippen LogP contribution in [0.3, 0.4) is 0 Å². The first-order valence-electron chi connectivity index (χ1n) is 5.40. The maximum Gasteiger partial charge on any atom is 0.339 e. The smallest absolute Gasteiger partial charge is 0.339 e. The molecule has 18 heavy (non-hydrogen) atoms. The molecule has 4 heteroatoms. The fourth-order valence-corrected chi connectivity index (χ4v) is 1.91. The van der Waals surface area contributed by atoms with E-state index in [9.17, 15) is 9.90 Å². The number of hydrogen-bond donors (Lipinski definition) is 1. The normalized spacial score (nSPS) is 10.0. The Balaban J connectivity index is 2.75. The van der Waals surface area contributed by atoms with Crippen LogP contribution in [0, 0.1) is 12.3 Å². The summed E-state index contributed by atoms with van der Waals surface area (Å²) < 4.78 is 0. The van der Waals surface area contributed by atoms with Crippen molar-refractivity contribution in [2.24, 2.45) is 0 Å². The zero-order chi connectivity index (χ0) is 13.1. The standard InChI is InChI=1S/C14H12N2O2/c1-3-8-16(2)13-10-6-4-5-7-12(10)15-9-11(13)14(17)18/h1,4-7,9H,8H2,2H3,(H,17,18). The summed E-state index contributed by atoms with van der Waals surface area (Å²) in [6.07, 6.45) is 6.65. The molecule has 1 aromatic carbocycles. The molecule has 4 nitrogen and oxygen atoms in total. The Kier molecular flexibility index (Phi) is 3.16. The molecule has 0 amide bonds. The predicted octanol–water partition coefficient (Wildman–Crippen LogP) is 2.00. The summed E-state index contributed by atoms with van der Waals surface area (Å²) in [5, 5.41) is 10.0. The molecule has 0 aliphatic heterocycles. The van der Waals surface area contributed by atoms with E-state index in [1.807, 2.05) is 24.3 Å². The van der Waals surface area contributed by atoms with Gasteiger partial charge in [0.25, 0.3) is 0 Å². The number of aromatic carboxylic acids is 1. The molecule has 0 radical (unpaired) electrons. The van der Waals surface area contributed by atoms with Gasteiger partial charge in [-0.2, -0.15) is 0 Å². The molecule has 0 fully saturated rings. The lowest BCUT2D eigenvalue weighted by molar-refractivity contribution is 0.0697. The van der Waals surface area contributed by atoms with Gasteiger partial charge in [-0.15, -0.1) is 6.42 Å². The maximum absolute atomic E-state index is 11.3. The van der Waals surface area contributed by atoms with Gasteiger partial charge in [-0.25, -0.2) is 4.79 Å². The van der Waals surface area contributed by atoms with Crippen molar-refractivity contribution in [2.75, 3.05) is 18.5 Å². The number of anilines is 1. The van der Waals surface area contributed by atoms with Crippen molar-refractivity contribution in [1.82, 2.24) is 4.98 Å². The SMILES string of the molecule is C#CCN(C)c1c(C(=O)O)cnc2ccccc12. The maximum atomic E-state index is 11.3. The summed E-state index contributed by atoms with van der Waals surface area (Å²) in [5.41, 5.74) is 1.51. The number of aromatic nitrogens is 1. The molecule has 0 saturated carbocycles. The second kappa shape index (κ2) is 4.76. The lowest BCUT2D eigenvalue weighted by Crippen LogP contribution is -2.20. The van der Waals surface area contributed by atoms with Gasteiger partial charge in [0.15, 0.2) is 0 Å². The molecule has 90 valence electrons. The first kappa shape index (κ1) is 11.9. The molecular formula is C14H12N2O2. The Morgan fingerprint density at radius 3 is 2.89 bits per heavy atom. The Morgan fingerprint density at radius 1 is 1.50 bits per heavy atom. The third-order valence-electron chi connectivity index (χ3n) is 2.69. The van der Waals surface area contributed by atoms with Gasteiger partial charge in [-0.3, -0.25) is 4.98 Å². The average molecular weight is 240 g/mol. The lowest BCUT2D eigenvalue weighted by atomic mass is 10.1. The largest absolute Gasteiger partial charge is 0.478 e. The number of para-hydroxylation sites is 1. The van der Waals surface area contributed by atoms with Crippen LogP contribution in [-0.4, -0.2) is 29.7 Å². The lowest BCUT2D eigenvalue weighted by Gasteiger charge is -2.20. The van der Waals surface area contributed by atoms with Gasteiger partial charge in [0.05, 0.1) is 17.7 Å². The van der Waals surface area contributed by atoms with E-state index in [-0.39, 0.29) is 5.56 Å². The number of benzene rings is 1. The molecule has 1 heterocycles. The zero-order valence-corrected chi connectivity index (χ0v) is 9.92. The minimum absolute atomic E-state index is 0.159. The molecule has 0 aliphatic rings. The molecule has 1 aromatic heterocycles. The number of pyridine rings is 1. The number of nitrogens with zero attached hydrogens (tertiary/aromatic N) is 2. The van der Waals surface area contributed by atoms with Crippen LogP contribution in [0.2, 0.25) is 0 Å². The summed E-state index contributed by atoms with van der Waals surface area (Å²) in [7, 11) is 1.77. The van der Waals surface area contributed by atoms with Crippen molar-refractivity contribution in [3.05, 3.63) is 36.0 Å². The summed E-state index contributed by atoms with van der Waals surface area (Å²) in [5.74, 6) is 1.50. The monoisotopic (exact) mass is 240 g/mol. The molecule has 0 spiro atoms. The van der Waals surface area contributed by atoms with Crippen LogP contribution >= 0.6 is 0 Å². The van der Waals surface area contributed by atoms with E-state index in [0.29, 0.717) is 12.2 Å². The van der Waals surface area contributed by atoms with E-state index in [4.69, 9.17) is 6.42 Å². The molecule has 1 N–H and O–H groups in total. The van der Waals surface area contributed by atoms with E-state index in [0.717, 1.165) is 10.9 Å². The van der Waals surface area contributed by atoms with Gasteiger partial charge < -0.3 is 10.0 Å². The predicted molar refractivity (Wildman–Crippen MR) is 70.8 cm³/mol. The topological polar surface area (TPSA) is 53.4 Å². The molecule has 0 bridgehead atoms. The number of terminal acetylenes is 1. The molecule has 0 saturated heterocycles. The fraction of sp³-hybridized carbons (Fsp3) is 0.143. The Bertz CT molecular complexity index is 644. The summed E-state index contributed by atoms with van der Waals surface area (Å²) in [6.45, 7) is 0.342. The van der Waals surface area contributed by atoms with Gasteiger partial charge in [-0.05, 0) is 6.07 Å². The van der Waals surface area contributed by atoms with Crippen molar-refractivity contribution in [1.29, 1.82) is 0 Å². The number of carboxylic acid groups (broad SMARTS) is 1. The fourth-order valence-electron chi connectivity index (χ4n) is 1.91. The van der Waals surface area contributed by atoms with E-state index >= 15 is 0 Å². The molecule has 2 rings (SSSR count). The zero-order valence-electron chi connectivity index (χ0n) is 9.92. The van der Waals surface area contributed by atoms with Crippen LogP contribution in [0.15, 0.2) is 30.5 Å². The van der Waals surface area contributed by atoms with Crippen molar-refractivity contribution in [3.8, 4) is 12.3 Å².